The molecule has 0 radical (unpaired) electrons. The van der Waals surface area contributed by atoms with Gasteiger partial charge in [0, 0.05) is 49.3 Å². The second kappa shape index (κ2) is 16.0. The number of phenols is 1. The van der Waals surface area contributed by atoms with Gasteiger partial charge in [-0.3, -0.25) is 9.55 Å². The Bertz CT molecular complexity index is 3670. The predicted molar refractivity (Wildman–Crippen MR) is 267 cm³/mol. The molecular formula is C59H50N3O3Pt-. The van der Waals surface area contributed by atoms with Crippen molar-refractivity contribution in [1.29, 1.82) is 0 Å². The van der Waals surface area contributed by atoms with Gasteiger partial charge in [-0.15, -0.1) is 12.1 Å². The summed E-state index contributed by atoms with van der Waals surface area (Å²) in [5.74, 6) is 1.02. The van der Waals surface area contributed by atoms with E-state index in [0.717, 1.165) is 99.6 Å². The first-order valence-electron chi connectivity index (χ1n) is 22.5. The third-order valence-corrected chi connectivity index (χ3v) is 12.9. The molecular weight excluding hydrogens is 994 g/mol. The van der Waals surface area contributed by atoms with Crippen LogP contribution in [0, 0.1) is 6.07 Å². The predicted octanol–water partition coefficient (Wildman–Crippen LogP) is 16.1. The number of pyridine rings is 1. The molecule has 0 amide bonds. The maximum Gasteiger partial charge on any atom is 0.148 e. The van der Waals surface area contributed by atoms with E-state index in [9.17, 15) is 5.11 Å². The van der Waals surface area contributed by atoms with Gasteiger partial charge in [0.15, 0.2) is 0 Å². The molecule has 7 aromatic carbocycles. The van der Waals surface area contributed by atoms with E-state index < -0.39 is 0 Å². The van der Waals surface area contributed by atoms with E-state index in [1.54, 1.807) is 0 Å². The second-order valence-corrected chi connectivity index (χ2v) is 19.7. The zero-order valence-corrected chi connectivity index (χ0v) is 40.6. The minimum atomic E-state index is -0.339. The molecule has 4 heterocycles. The summed E-state index contributed by atoms with van der Waals surface area (Å²) in [7, 11) is 0. The van der Waals surface area contributed by atoms with Gasteiger partial charge in [-0.25, -0.2) is 4.98 Å². The minimum Gasteiger partial charge on any atom is -0.507 e. The van der Waals surface area contributed by atoms with Crippen LogP contribution in [0.15, 0.2) is 155 Å². The molecule has 7 heteroatoms. The smallest absolute Gasteiger partial charge is 0.148 e. The van der Waals surface area contributed by atoms with Crippen LogP contribution in [0.3, 0.4) is 0 Å². The van der Waals surface area contributed by atoms with E-state index >= 15 is 0 Å². The molecule has 0 bridgehead atoms. The van der Waals surface area contributed by atoms with Crippen LogP contribution in [0.25, 0.3) is 105 Å². The minimum absolute atomic E-state index is 0. The first-order chi connectivity index (χ1) is 31.2. The van der Waals surface area contributed by atoms with Crippen molar-refractivity contribution in [2.24, 2.45) is 0 Å². The van der Waals surface area contributed by atoms with Gasteiger partial charge in [0.05, 0.1) is 33.5 Å². The van der Waals surface area contributed by atoms with Crippen LogP contribution in [0.1, 0.15) is 78.0 Å². The Hall–Kier alpha value is -6.75. The summed E-state index contributed by atoms with van der Waals surface area (Å²) in [4.78, 5) is 10.4. The van der Waals surface area contributed by atoms with Crippen molar-refractivity contribution in [3.05, 3.63) is 168 Å². The number of imidazole rings is 1. The van der Waals surface area contributed by atoms with E-state index in [4.69, 9.17) is 18.8 Å². The molecule has 0 atom stereocenters. The van der Waals surface area contributed by atoms with Crippen molar-refractivity contribution < 1.29 is 35.0 Å². The van der Waals surface area contributed by atoms with Crippen molar-refractivity contribution in [3.63, 3.8) is 0 Å². The molecule has 0 saturated heterocycles. The molecule has 330 valence electrons. The summed E-state index contributed by atoms with van der Waals surface area (Å²) in [6.07, 6.45) is 1.86. The Kier molecular flexibility index (Phi) is 10.5. The van der Waals surface area contributed by atoms with E-state index in [0.29, 0.717) is 22.6 Å². The van der Waals surface area contributed by atoms with E-state index in [2.05, 4.69) is 151 Å². The number of aromatic hydroxyl groups is 1. The van der Waals surface area contributed by atoms with Crippen molar-refractivity contribution in [2.45, 2.75) is 72.1 Å². The first-order valence-corrected chi connectivity index (χ1v) is 22.5. The van der Waals surface area contributed by atoms with Crippen molar-refractivity contribution in [1.82, 2.24) is 14.5 Å². The van der Waals surface area contributed by atoms with Crippen molar-refractivity contribution >= 4 is 54.9 Å². The summed E-state index contributed by atoms with van der Waals surface area (Å²) in [6, 6.07) is 52.1. The molecule has 4 aromatic heterocycles. The molecule has 66 heavy (non-hydrogen) atoms. The zero-order chi connectivity index (χ0) is 44.9. The van der Waals surface area contributed by atoms with E-state index in [1.807, 2.05) is 60.8 Å². The quantitative estimate of drug-likeness (QED) is 0.168. The van der Waals surface area contributed by atoms with Crippen LogP contribution < -0.4 is 0 Å². The molecule has 0 unspecified atom stereocenters. The Morgan fingerprint density at radius 1 is 0.621 bits per heavy atom. The SMILES string of the molecule is CC(C)c1cc(-c2ccc3c(c2)oc2ccccc23)ccc1-n1c(-c2cc(C(C)(C)C)cc(C(C)(C)C)c2O)nc2c3c(ccc21)oc1ccc(-c2cc(-c4ccccc4)ccn2)[c-]c13.[Pt]. The maximum atomic E-state index is 12.5. The number of rotatable bonds is 6. The Balaban J connectivity index is 0.00000511. The number of fused-ring (bicyclic) bond motifs is 8. The van der Waals surface area contributed by atoms with Crippen molar-refractivity contribution in [3.8, 4) is 56.3 Å². The number of furan rings is 2. The molecule has 0 aliphatic carbocycles. The molecule has 0 aliphatic rings. The van der Waals surface area contributed by atoms with Gasteiger partial charge < -0.3 is 13.9 Å². The normalized spacial score (nSPS) is 12.3. The van der Waals surface area contributed by atoms with Gasteiger partial charge in [0.25, 0.3) is 0 Å². The second-order valence-electron chi connectivity index (χ2n) is 19.7. The summed E-state index contributed by atoms with van der Waals surface area (Å²) in [5, 5.41) is 16.4. The fourth-order valence-electron chi connectivity index (χ4n) is 9.40. The summed E-state index contributed by atoms with van der Waals surface area (Å²) in [6.45, 7) is 17.6. The van der Waals surface area contributed by atoms with Crippen LogP contribution in [0.5, 0.6) is 5.75 Å². The van der Waals surface area contributed by atoms with E-state index in [-0.39, 0.29) is 43.6 Å². The summed E-state index contributed by atoms with van der Waals surface area (Å²) in [5.41, 5.74) is 15.2. The fourth-order valence-corrected chi connectivity index (χ4v) is 9.40. The molecule has 6 nitrogen and oxygen atoms in total. The van der Waals surface area contributed by atoms with Gasteiger partial charge in [-0.05, 0) is 110 Å². The van der Waals surface area contributed by atoms with E-state index in [1.165, 1.54) is 0 Å². The molecule has 0 aliphatic heterocycles. The Labute approximate surface area is 399 Å². The largest absolute Gasteiger partial charge is 0.507 e. The number of nitrogens with zero attached hydrogens (tertiary/aromatic N) is 3. The van der Waals surface area contributed by atoms with Gasteiger partial charge in [0.2, 0.25) is 0 Å². The Morgan fingerprint density at radius 2 is 1.32 bits per heavy atom. The number of hydrogen-bond donors (Lipinski definition) is 1. The van der Waals surface area contributed by atoms with Gasteiger partial charge >= 0.3 is 0 Å². The van der Waals surface area contributed by atoms with Crippen LogP contribution >= 0.6 is 0 Å². The fraction of sp³-hybridized carbons (Fsp3) is 0.186. The number of aromatic nitrogens is 3. The molecule has 0 spiro atoms. The average molecular weight is 1040 g/mol. The van der Waals surface area contributed by atoms with Gasteiger partial charge in [-0.1, -0.05) is 145 Å². The molecule has 0 saturated carbocycles. The first kappa shape index (κ1) is 43.2. The topological polar surface area (TPSA) is 77.2 Å². The summed E-state index contributed by atoms with van der Waals surface area (Å²) < 4.78 is 15.2. The molecule has 11 rings (SSSR count). The van der Waals surface area contributed by atoms with Crippen LogP contribution in [0.4, 0.5) is 0 Å². The monoisotopic (exact) mass is 1040 g/mol. The average Bonchev–Trinajstić information content (AvgIpc) is 3.99. The van der Waals surface area contributed by atoms with Crippen LogP contribution in [-0.2, 0) is 31.9 Å². The van der Waals surface area contributed by atoms with Crippen LogP contribution in [-0.4, -0.2) is 19.6 Å². The number of para-hydroxylation sites is 1. The van der Waals surface area contributed by atoms with Gasteiger partial charge in [0.1, 0.15) is 22.7 Å². The van der Waals surface area contributed by atoms with Crippen molar-refractivity contribution in [2.75, 3.05) is 0 Å². The number of hydrogen-bond acceptors (Lipinski definition) is 5. The summed E-state index contributed by atoms with van der Waals surface area (Å²) >= 11 is 0. The molecule has 11 aromatic rings. The Morgan fingerprint density at radius 3 is 2.09 bits per heavy atom. The number of benzene rings is 7. The maximum absolute atomic E-state index is 12.5. The third kappa shape index (κ3) is 7.23. The van der Waals surface area contributed by atoms with Gasteiger partial charge in [-0.2, -0.15) is 0 Å². The third-order valence-electron chi connectivity index (χ3n) is 12.9. The molecule has 0 fully saturated rings. The zero-order valence-electron chi connectivity index (χ0n) is 38.4. The van der Waals surface area contributed by atoms with Crippen LogP contribution in [0.2, 0.25) is 0 Å². The standard InChI is InChI=1S/C59H50N3O3.Pt/c1-34(2)43-28-36(37-18-21-42-41-16-12-13-17-50(41)65-53(42)31-37)19-22-48(43)62-49-23-25-52-54(55(49)61-57(62)45-32-40(58(3,4)5)33-46(56(45)63)59(6,7)8)44-29-39(20-24-51(44)64-52)47-30-38(26-27-60-47)35-14-10-9-11-15-35;/h9-28,30-34,63H,1-8H3;/q-1;. The molecule has 1 N–H and O–H groups in total. The number of phenolic OH excluding ortho intramolecular Hbond substituents is 1.